The molecule has 4 nitrogen and oxygen atoms in total. The Morgan fingerprint density at radius 1 is 1.17 bits per heavy atom. The van der Waals surface area contributed by atoms with E-state index in [0.717, 1.165) is 6.08 Å². The third-order valence-electron chi connectivity index (χ3n) is 5.66. The van der Waals surface area contributed by atoms with Crippen LogP contribution in [0.1, 0.15) is 25.5 Å². The number of para-hydroxylation sites is 1. The fraction of sp³-hybridized carbons (Fsp3) is 0.333. The van der Waals surface area contributed by atoms with Crippen LogP contribution in [0, 0.1) is 16.7 Å². The summed E-state index contributed by atoms with van der Waals surface area (Å²) in [6, 6.07) is 12.5. The lowest BCUT2D eigenvalue weighted by atomic mass is 9.91. The molecule has 0 radical (unpaired) electrons. The molecular weight excluding hydrogens is 442 g/mol. The Balaban J connectivity index is 2.06. The van der Waals surface area contributed by atoms with E-state index in [1.54, 1.807) is 30.3 Å². The normalized spacial score (nSPS) is 23.4. The Bertz CT molecular complexity index is 975. The number of nitrogens with zero attached hydrogens (tertiary/aromatic N) is 1. The highest BCUT2D eigenvalue weighted by Gasteiger charge is 2.80. The molecular formula is C21H18Cl2F3NO3. The van der Waals surface area contributed by atoms with Crippen LogP contribution in [-0.2, 0) is 4.79 Å². The fourth-order valence-electron chi connectivity index (χ4n) is 4.23. The van der Waals surface area contributed by atoms with Crippen LogP contribution in [0.2, 0.25) is 0 Å². The molecule has 3 unspecified atom stereocenters. The van der Waals surface area contributed by atoms with Crippen molar-refractivity contribution in [1.29, 1.82) is 0 Å². The molecule has 0 aliphatic heterocycles. The highest BCUT2D eigenvalue weighted by molar-refractivity contribution is 6.56. The van der Waals surface area contributed by atoms with Gasteiger partial charge in [-0.3, -0.25) is 4.79 Å². The number of benzene rings is 1. The van der Waals surface area contributed by atoms with E-state index in [-0.39, 0.29) is 11.6 Å². The Hall–Kier alpha value is -2.25. The van der Waals surface area contributed by atoms with Crippen molar-refractivity contribution < 1.29 is 27.8 Å². The van der Waals surface area contributed by atoms with E-state index in [1.807, 2.05) is 0 Å². The van der Waals surface area contributed by atoms with Crippen molar-refractivity contribution in [2.24, 2.45) is 16.7 Å². The number of hydrogen-bond acceptors (Lipinski definition) is 3. The summed E-state index contributed by atoms with van der Waals surface area (Å²) in [6.07, 6.45) is -3.78. The molecule has 30 heavy (non-hydrogen) atoms. The molecule has 1 heterocycles. The van der Waals surface area contributed by atoms with Gasteiger partial charge in [0.25, 0.3) is 0 Å². The highest BCUT2D eigenvalue weighted by Crippen LogP contribution is 2.76. The maximum atomic E-state index is 14.2. The lowest BCUT2D eigenvalue weighted by Crippen LogP contribution is -2.28. The zero-order chi connectivity index (χ0) is 22.3. The summed E-state index contributed by atoms with van der Waals surface area (Å²) in [5.74, 6) is -4.57. The van der Waals surface area contributed by atoms with Gasteiger partial charge in [-0.2, -0.15) is 13.2 Å². The smallest absolute Gasteiger partial charge is 0.397 e. The summed E-state index contributed by atoms with van der Waals surface area (Å²) in [6.45, 7) is 2.89. The van der Waals surface area contributed by atoms with E-state index in [2.05, 4.69) is 4.98 Å². The second kappa shape index (κ2) is 7.78. The zero-order valence-corrected chi connectivity index (χ0v) is 17.5. The average molecular weight is 460 g/mol. The zero-order valence-electron chi connectivity index (χ0n) is 16.0. The standard InChI is InChI=1S/C21H18Cl2F3NO3/c1-19(2)17(20(19,18(28)29)11-14(22)23)16(21(24,25)26)13-9-6-10-15(27-13)30-12-7-4-3-5-8-12/h3-11,16-17H,1-2H3,(H,28,29). The number of aliphatic carboxylic acids is 1. The predicted molar refractivity (Wildman–Crippen MR) is 107 cm³/mol. The number of pyridine rings is 1. The molecule has 3 rings (SSSR count). The van der Waals surface area contributed by atoms with Crippen LogP contribution in [0.15, 0.2) is 59.1 Å². The van der Waals surface area contributed by atoms with E-state index >= 15 is 0 Å². The number of rotatable bonds is 6. The molecule has 1 N–H and O–H groups in total. The predicted octanol–water partition coefficient (Wildman–Crippen LogP) is 6.57. The molecule has 1 aliphatic rings. The summed E-state index contributed by atoms with van der Waals surface area (Å²) in [5, 5.41) is 9.80. The van der Waals surface area contributed by atoms with Crippen molar-refractivity contribution in [2.75, 3.05) is 0 Å². The quantitative estimate of drug-likeness (QED) is 0.530. The molecule has 0 amide bonds. The van der Waals surface area contributed by atoms with Crippen molar-refractivity contribution in [2.45, 2.75) is 25.9 Å². The van der Waals surface area contributed by atoms with Crippen molar-refractivity contribution in [3.8, 4) is 11.6 Å². The van der Waals surface area contributed by atoms with Gasteiger partial charge < -0.3 is 9.84 Å². The van der Waals surface area contributed by atoms with Crippen LogP contribution < -0.4 is 4.74 Å². The first-order chi connectivity index (χ1) is 13.9. The number of carboxylic acids is 1. The molecule has 3 atom stereocenters. The Labute approximate surface area is 181 Å². The summed E-state index contributed by atoms with van der Waals surface area (Å²) in [7, 11) is 0. The number of alkyl halides is 3. The first-order valence-corrected chi connectivity index (χ1v) is 9.70. The van der Waals surface area contributed by atoms with Crippen LogP contribution in [-0.4, -0.2) is 22.2 Å². The largest absolute Gasteiger partial charge is 0.481 e. The van der Waals surface area contributed by atoms with Gasteiger partial charge in [-0.15, -0.1) is 0 Å². The number of carbonyl (C=O) groups is 1. The molecule has 160 valence electrons. The van der Waals surface area contributed by atoms with Crippen molar-refractivity contribution in [3.05, 3.63) is 64.8 Å². The number of halogens is 5. The number of ether oxygens (including phenoxy) is 1. The topological polar surface area (TPSA) is 59.4 Å². The van der Waals surface area contributed by atoms with Gasteiger partial charge in [0.05, 0.1) is 11.1 Å². The maximum absolute atomic E-state index is 14.2. The van der Waals surface area contributed by atoms with Gasteiger partial charge in [0.1, 0.15) is 16.2 Å². The lowest BCUT2D eigenvalue weighted by Gasteiger charge is -2.22. The van der Waals surface area contributed by atoms with Gasteiger partial charge in [-0.05, 0) is 29.7 Å². The van der Waals surface area contributed by atoms with E-state index in [1.165, 1.54) is 32.0 Å². The first-order valence-electron chi connectivity index (χ1n) is 8.95. The molecule has 1 aliphatic carbocycles. The van der Waals surface area contributed by atoms with Gasteiger partial charge in [-0.1, -0.05) is 61.3 Å². The van der Waals surface area contributed by atoms with Gasteiger partial charge in [-0.25, -0.2) is 4.98 Å². The maximum Gasteiger partial charge on any atom is 0.397 e. The van der Waals surface area contributed by atoms with Gasteiger partial charge in [0.15, 0.2) is 0 Å². The fourth-order valence-corrected chi connectivity index (χ4v) is 4.58. The molecule has 1 aromatic heterocycles. The third kappa shape index (κ3) is 3.88. The Morgan fingerprint density at radius 3 is 2.33 bits per heavy atom. The molecule has 0 spiro atoms. The number of carboxylic acid groups (broad SMARTS) is 1. The molecule has 1 aromatic carbocycles. The Morgan fingerprint density at radius 2 is 1.80 bits per heavy atom. The molecule has 9 heteroatoms. The molecule has 0 bridgehead atoms. The molecule has 1 saturated carbocycles. The van der Waals surface area contributed by atoms with Crippen molar-refractivity contribution in [3.63, 3.8) is 0 Å². The summed E-state index contributed by atoms with van der Waals surface area (Å²) < 4.78 is 47.7. The number of aromatic nitrogens is 1. The minimum atomic E-state index is -4.76. The monoisotopic (exact) mass is 459 g/mol. The van der Waals surface area contributed by atoms with E-state index in [9.17, 15) is 23.1 Å². The minimum Gasteiger partial charge on any atom is -0.481 e. The van der Waals surface area contributed by atoms with Crippen LogP contribution >= 0.6 is 23.2 Å². The second-order valence-electron chi connectivity index (χ2n) is 7.64. The van der Waals surface area contributed by atoms with Crippen LogP contribution in [0.25, 0.3) is 0 Å². The molecule has 2 aromatic rings. The van der Waals surface area contributed by atoms with Crippen LogP contribution in [0.4, 0.5) is 13.2 Å². The number of hydrogen-bond donors (Lipinski definition) is 1. The minimum absolute atomic E-state index is 0.0294. The van der Waals surface area contributed by atoms with Gasteiger partial charge >= 0.3 is 12.1 Å². The summed E-state index contributed by atoms with van der Waals surface area (Å²) >= 11 is 11.3. The van der Waals surface area contributed by atoms with E-state index in [4.69, 9.17) is 27.9 Å². The first kappa shape index (κ1) is 22.4. The lowest BCUT2D eigenvalue weighted by molar-refractivity contribution is -0.161. The van der Waals surface area contributed by atoms with Gasteiger partial charge in [0.2, 0.25) is 5.88 Å². The van der Waals surface area contributed by atoms with E-state index < -0.39 is 39.3 Å². The highest BCUT2D eigenvalue weighted by atomic mass is 35.5. The Kier molecular flexibility index (Phi) is 5.82. The van der Waals surface area contributed by atoms with Gasteiger partial charge in [0, 0.05) is 12.0 Å². The molecule has 0 saturated heterocycles. The van der Waals surface area contributed by atoms with Crippen molar-refractivity contribution in [1.82, 2.24) is 4.98 Å². The molecule has 1 fully saturated rings. The summed E-state index contributed by atoms with van der Waals surface area (Å²) in [4.78, 5) is 16.1. The van der Waals surface area contributed by atoms with Crippen LogP contribution in [0.5, 0.6) is 11.6 Å². The second-order valence-corrected chi connectivity index (χ2v) is 8.65. The van der Waals surface area contributed by atoms with E-state index in [0.29, 0.717) is 5.75 Å². The summed E-state index contributed by atoms with van der Waals surface area (Å²) in [5.41, 5.74) is -3.49. The average Bonchev–Trinajstić information content (AvgIpc) is 3.10. The SMILES string of the molecule is CC1(C)C(C(c2cccc(Oc3ccccc3)n2)C(F)(F)F)C1(C=C(Cl)Cl)C(=O)O. The van der Waals surface area contributed by atoms with Crippen LogP contribution in [0.3, 0.4) is 0 Å². The third-order valence-corrected chi connectivity index (χ3v) is 5.88. The van der Waals surface area contributed by atoms with Crippen molar-refractivity contribution >= 4 is 29.2 Å².